The van der Waals surface area contributed by atoms with Crippen LogP contribution in [-0.2, 0) is 33.2 Å². The van der Waals surface area contributed by atoms with E-state index in [0.717, 1.165) is 14.2 Å². The molecule has 0 aliphatic rings. The van der Waals surface area contributed by atoms with Crippen molar-refractivity contribution in [2.45, 2.75) is 19.4 Å². The summed E-state index contributed by atoms with van der Waals surface area (Å²) in [6.45, 7) is 3.20. The highest BCUT2D eigenvalue weighted by Crippen LogP contribution is 2.12. The number of hydrazone groups is 1. The Balaban J connectivity index is 3.38. The second-order valence-corrected chi connectivity index (χ2v) is 5.45. The van der Waals surface area contributed by atoms with Crippen molar-refractivity contribution in [3.05, 3.63) is 12.4 Å². The van der Waals surface area contributed by atoms with Crippen LogP contribution in [0.15, 0.2) is 17.5 Å². The second kappa shape index (κ2) is 7.63. The van der Waals surface area contributed by atoms with Gasteiger partial charge in [-0.2, -0.15) is 5.26 Å². The van der Waals surface area contributed by atoms with Crippen LogP contribution in [0.2, 0.25) is 0 Å². The highest BCUT2D eigenvalue weighted by Gasteiger charge is 2.26. The molecule has 128 valence electrons. The third-order valence-electron chi connectivity index (χ3n) is 3.29. The molecule has 0 aliphatic heterocycles. The first-order chi connectivity index (χ1) is 11.2. The fourth-order valence-electron chi connectivity index (χ4n) is 1.73. The maximum absolute atomic E-state index is 11.8. The number of aryl methyl sites for hydroxylation is 2. The number of aromatic nitrogens is 2. The number of hydrogen-bond acceptors (Lipinski definition) is 7. The summed E-state index contributed by atoms with van der Waals surface area (Å²) in [5.41, 5.74) is -1.00. The Bertz CT molecular complexity index is 667. The van der Waals surface area contributed by atoms with Crippen LogP contribution < -0.4 is 10.3 Å². The van der Waals surface area contributed by atoms with E-state index >= 15 is 0 Å². The fraction of sp³-hybridized carbons (Fsp3) is 0.500. The summed E-state index contributed by atoms with van der Waals surface area (Å²) in [6, 6.07) is 2.08. The lowest BCUT2D eigenvalue weighted by Gasteiger charge is -2.41. The predicted molar refractivity (Wildman–Crippen MR) is 85.0 cm³/mol. The smallest absolute Gasteiger partial charge is 0.365 e. The third kappa shape index (κ3) is 4.13. The molecule has 0 fully saturated rings. The van der Waals surface area contributed by atoms with E-state index in [4.69, 9.17) is 0 Å². The molecule has 1 aromatic heterocycles. The Kier molecular flexibility index (Phi) is 6.11. The van der Waals surface area contributed by atoms with Crippen LogP contribution in [-0.4, -0.2) is 54.3 Å². The van der Waals surface area contributed by atoms with Gasteiger partial charge in [-0.3, -0.25) is 9.13 Å². The molecule has 0 spiro atoms. The molecule has 9 nitrogen and oxygen atoms in total. The van der Waals surface area contributed by atoms with Crippen molar-refractivity contribution in [3.63, 3.8) is 0 Å². The van der Waals surface area contributed by atoms with Crippen molar-refractivity contribution < 1.29 is 23.6 Å². The molecular formula is C14H20BN5O4. The standard InChI is InChI=1S/C14H20BN5O4/c1-14(2,9-16)20(15-13-18(3)7-8-19(13)4)17-10(11(21)23-5)12(22)24-6/h7-8H,1-6H3. The van der Waals surface area contributed by atoms with E-state index in [0.29, 0.717) is 5.72 Å². The number of rotatable bonds is 6. The monoisotopic (exact) mass is 333 g/mol. The lowest BCUT2D eigenvalue weighted by Crippen LogP contribution is -2.57. The molecule has 0 unspecified atom stereocenters. The van der Waals surface area contributed by atoms with Gasteiger partial charge in [0.05, 0.1) is 39.9 Å². The number of nitriles is 1. The summed E-state index contributed by atoms with van der Waals surface area (Å²) in [5.74, 6) is -1.91. The van der Waals surface area contributed by atoms with Crippen LogP contribution in [0.4, 0.5) is 0 Å². The zero-order valence-electron chi connectivity index (χ0n) is 14.6. The third-order valence-corrected chi connectivity index (χ3v) is 3.29. The van der Waals surface area contributed by atoms with Crippen LogP contribution in [0.25, 0.3) is 0 Å². The van der Waals surface area contributed by atoms with Crippen molar-refractivity contribution in [1.29, 1.82) is 5.26 Å². The Morgan fingerprint density at radius 2 is 1.92 bits per heavy atom. The topological polar surface area (TPSA) is 101 Å². The van der Waals surface area contributed by atoms with Gasteiger partial charge < -0.3 is 14.4 Å². The number of imidazole rings is 1. The maximum atomic E-state index is 11.8. The fourth-order valence-corrected chi connectivity index (χ4v) is 1.73. The Labute approximate surface area is 141 Å². The Morgan fingerprint density at radius 3 is 2.29 bits per heavy atom. The molecule has 1 heterocycles. The summed E-state index contributed by atoms with van der Waals surface area (Å²) < 4.78 is 12.7. The summed E-state index contributed by atoms with van der Waals surface area (Å²) >= 11 is 0. The molecule has 1 rings (SSSR count). The van der Waals surface area contributed by atoms with Gasteiger partial charge in [-0.15, -0.1) is 0 Å². The van der Waals surface area contributed by atoms with Gasteiger partial charge in [0.2, 0.25) is 5.71 Å². The average Bonchev–Trinajstić information content (AvgIpc) is 2.88. The quantitative estimate of drug-likeness (QED) is 0.155. The minimum atomic E-state index is -1.13. The molecular weight excluding hydrogens is 313 g/mol. The van der Waals surface area contributed by atoms with Crippen molar-refractivity contribution in [1.82, 2.24) is 9.49 Å². The van der Waals surface area contributed by atoms with E-state index in [1.165, 1.54) is 4.92 Å². The van der Waals surface area contributed by atoms with Gasteiger partial charge in [-0.25, -0.2) is 14.7 Å². The van der Waals surface area contributed by atoms with Gasteiger partial charge in [0.15, 0.2) is 0 Å². The molecule has 0 saturated heterocycles. The highest BCUT2D eigenvalue weighted by atomic mass is 16.5. The highest BCUT2D eigenvalue weighted by molar-refractivity contribution is 6.63. The van der Waals surface area contributed by atoms with Crippen LogP contribution >= 0.6 is 0 Å². The molecule has 0 bridgehead atoms. The number of carbonyl (C=O) groups is 2. The maximum Gasteiger partial charge on any atom is 0.365 e. The summed E-state index contributed by atoms with van der Waals surface area (Å²) in [7, 11) is 7.43. The molecule has 0 aromatic carbocycles. The molecule has 2 radical (unpaired) electrons. The lowest BCUT2D eigenvalue weighted by molar-refractivity contribution is -0.653. The first-order valence-corrected chi connectivity index (χ1v) is 6.99. The Morgan fingerprint density at radius 1 is 1.38 bits per heavy atom. The summed E-state index contributed by atoms with van der Waals surface area (Å²) in [4.78, 5) is 24.9. The van der Waals surface area contributed by atoms with Crippen molar-refractivity contribution in [2.75, 3.05) is 14.2 Å². The van der Waals surface area contributed by atoms with Gasteiger partial charge in [0, 0.05) is 5.72 Å². The number of esters is 2. The zero-order chi connectivity index (χ0) is 18.5. The molecule has 0 atom stereocenters. The van der Waals surface area contributed by atoms with E-state index in [-0.39, 0.29) is 0 Å². The predicted octanol–water partition coefficient (Wildman–Crippen LogP) is -1.60. The summed E-state index contributed by atoms with van der Waals surface area (Å²) in [5, 5.41) is 13.4. The van der Waals surface area contributed by atoms with E-state index in [1.54, 1.807) is 30.4 Å². The number of ether oxygens (including phenoxy) is 2. The average molecular weight is 333 g/mol. The molecule has 0 aliphatic carbocycles. The molecule has 1 aromatic rings. The minimum Gasteiger partial charge on any atom is -0.506 e. The SMILES string of the molecule is COC(=O)C(=NN([B-]c1n(C)cc[n+]1C)C(C)(C)C#N)C(=O)OC. The van der Waals surface area contributed by atoms with Crippen molar-refractivity contribution in [2.24, 2.45) is 19.2 Å². The van der Waals surface area contributed by atoms with Crippen molar-refractivity contribution in [3.8, 4) is 6.07 Å². The first-order valence-electron chi connectivity index (χ1n) is 6.99. The number of carbonyl (C=O) groups excluding carboxylic acids is 2. The molecule has 24 heavy (non-hydrogen) atoms. The lowest BCUT2D eigenvalue weighted by atomic mass is 9.86. The Hall–Kier alpha value is -2.83. The molecule has 0 saturated carbocycles. The van der Waals surface area contributed by atoms with E-state index in [9.17, 15) is 14.9 Å². The normalized spacial score (nSPS) is 10.5. The van der Waals surface area contributed by atoms with E-state index in [1.807, 2.05) is 26.5 Å². The zero-order valence-corrected chi connectivity index (χ0v) is 14.6. The molecule has 0 N–H and O–H groups in total. The van der Waals surface area contributed by atoms with Gasteiger partial charge in [0.1, 0.15) is 12.4 Å². The van der Waals surface area contributed by atoms with Crippen LogP contribution in [0.3, 0.4) is 0 Å². The first kappa shape index (κ1) is 19.2. The van der Waals surface area contributed by atoms with Crippen LogP contribution in [0.1, 0.15) is 13.8 Å². The van der Waals surface area contributed by atoms with Crippen LogP contribution in [0.5, 0.6) is 0 Å². The van der Waals surface area contributed by atoms with Crippen molar-refractivity contribution >= 4 is 30.8 Å². The number of methoxy groups -OCH3 is 2. The van der Waals surface area contributed by atoms with Gasteiger partial charge in [0.25, 0.3) is 0 Å². The van der Waals surface area contributed by atoms with E-state index in [2.05, 4.69) is 20.6 Å². The largest absolute Gasteiger partial charge is 0.506 e. The van der Waals surface area contributed by atoms with Gasteiger partial charge in [-0.05, 0) is 21.3 Å². The van der Waals surface area contributed by atoms with Crippen LogP contribution in [0, 0.1) is 11.3 Å². The minimum absolute atomic E-state index is 0.559. The number of nitrogens with zero attached hydrogens (tertiary/aromatic N) is 5. The van der Waals surface area contributed by atoms with Gasteiger partial charge in [-0.1, -0.05) is 0 Å². The number of hydrogen-bond donors (Lipinski definition) is 0. The molecule has 10 heteroatoms. The summed E-state index contributed by atoms with van der Waals surface area (Å²) in [6.07, 6.45) is 3.63. The van der Waals surface area contributed by atoms with E-state index < -0.39 is 23.2 Å². The van der Waals surface area contributed by atoms with Gasteiger partial charge >= 0.3 is 11.9 Å². The second-order valence-electron chi connectivity index (χ2n) is 5.45. The molecule has 0 amide bonds.